The van der Waals surface area contributed by atoms with Gasteiger partial charge in [-0.2, -0.15) is 0 Å². The molecule has 4 nitrogen and oxygen atoms in total. The average Bonchev–Trinajstić information content (AvgIpc) is 1.61. The summed E-state index contributed by atoms with van der Waals surface area (Å²) < 4.78 is 0. The molecule has 0 amide bonds. The summed E-state index contributed by atoms with van der Waals surface area (Å²) in [6.07, 6.45) is 0. The minimum Gasteiger partial charge on any atom is -1.00 e. The molecule has 0 atom stereocenters. The van der Waals surface area contributed by atoms with Gasteiger partial charge in [-0.15, -0.1) is 0 Å². The molecule has 0 radical (unpaired) electrons. The van der Waals surface area contributed by atoms with E-state index in [2.05, 4.69) is 5.32 Å². The minimum atomic E-state index is -0.964. The van der Waals surface area contributed by atoms with Crippen molar-refractivity contribution in [3.63, 3.8) is 0 Å². The van der Waals surface area contributed by atoms with E-state index in [1.165, 1.54) is 0 Å². The fourth-order valence-electron chi connectivity index (χ4n) is 0.163. The van der Waals surface area contributed by atoms with Crippen molar-refractivity contribution in [3.8, 4) is 0 Å². The van der Waals surface area contributed by atoms with E-state index in [1.54, 1.807) is 0 Å². The zero-order chi connectivity index (χ0) is 5.70. The number of rotatable bonds is 3. The largest absolute Gasteiger partial charge is 1.00 e. The maximum atomic E-state index is 9.58. The van der Waals surface area contributed by atoms with Crippen LogP contribution in [0.15, 0.2) is 0 Å². The summed E-state index contributed by atoms with van der Waals surface area (Å²) in [5, 5.41) is 18.0. The average molecular weight is 145 g/mol. The van der Waals surface area contributed by atoms with E-state index in [0.29, 0.717) is 0 Å². The van der Waals surface area contributed by atoms with Gasteiger partial charge in [0.1, 0.15) is 0 Å². The number of hydrogen-bond donors (Lipinski definition) is 3. The van der Waals surface area contributed by atoms with Crippen LogP contribution in [0.2, 0.25) is 0 Å². The number of nitrogens with one attached hydrogen (secondary N) is 1. The summed E-state index contributed by atoms with van der Waals surface area (Å²) in [6, 6.07) is 0. The van der Waals surface area contributed by atoms with Gasteiger partial charge in [-0.3, -0.25) is 10.1 Å². The van der Waals surface area contributed by atoms with Crippen LogP contribution in [-0.4, -0.2) is 29.5 Å². The van der Waals surface area contributed by atoms with Crippen LogP contribution in [0.25, 0.3) is 0 Å². The van der Waals surface area contributed by atoms with Crippen LogP contribution < -0.4 is 56.7 Å². The normalized spacial score (nSPS) is 7.62. The Bertz CT molecular complexity index is 72.1. The molecule has 0 aromatic heterocycles. The van der Waals surface area contributed by atoms with Gasteiger partial charge >= 0.3 is 57.4 Å². The van der Waals surface area contributed by atoms with E-state index < -0.39 is 5.97 Å². The summed E-state index contributed by atoms with van der Waals surface area (Å²) in [5.41, 5.74) is 0. The number of aliphatic carboxylic acids is 1. The van der Waals surface area contributed by atoms with Gasteiger partial charge in [0.05, 0.1) is 13.3 Å². The number of aliphatic hydroxyl groups is 1. The second-order valence-corrected chi connectivity index (χ2v) is 0.979. The molecule has 0 aromatic carbocycles. The molecule has 8 heavy (non-hydrogen) atoms. The molecule has 0 heterocycles. The summed E-state index contributed by atoms with van der Waals surface area (Å²) in [4.78, 5) is 9.58. The first kappa shape index (κ1) is 11.8. The Labute approximate surface area is 91.2 Å². The molecular weight excluding hydrogens is 137 g/mol. The topological polar surface area (TPSA) is 69.6 Å². The van der Waals surface area contributed by atoms with Crippen LogP contribution in [0, 0.1) is 0 Å². The molecule has 44 valence electrons. The van der Waals surface area contributed by atoms with E-state index in [-0.39, 0.29) is 66.1 Å². The van der Waals surface area contributed by atoms with Crippen LogP contribution in [-0.2, 0) is 4.79 Å². The molecule has 0 bridgehead atoms. The Morgan fingerprint density at radius 3 is 2.38 bits per heavy atom. The van der Waals surface area contributed by atoms with Gasteiger partial charge in [-0.05, 0) is 0 Å². The predicted molar refractivity (Wildman–Crippen MR) is 23.8 cm³/mol. The monoisotopic (exact) mass is 145 g/mol. The van der Waals surface area contributed by atoms with Crippen LogP contribution in [0.5, 0.6) is 0 Å². The Kier molecular flexibility index (Phi) is 11.8. The minimum absolute atomic E-state index is 0. The molecule has 0 saturated heterocycles. The SMILES string of the molecule is O=C(O)CNCO.[H-].[K+]. The quantitative estimate of drug-likeness (QED) is 0.278. The summed E-state index contributed by atoms with van der Waals surface area (Å²) in [6.45, 7) is -0.469. The van der Waals surface area contributed by atoms with Crippen molar-refractivity contribution in [3.05, 3.63) is 0 Å². The number of hydrogen-bond acceptors (Lipinski definition) is 3. The van der Waals surface area contributed by atoms with Crippen molar-refractivity contribution in [2.45, 2.75) is 0 Å². The van der Waals surface area contributed by atoms with Gasteiger partial charge in [-0.25, -0.2) is 0 Å². The second kappa shape index (κ2) is 8.03. The first-order chi connectivity index (χ1) is 3.27. The fraction of sp³-hybridized carbons (Fsp3) is 0.667. The zero-order valence-corrected chi connectivity index (χ0v) is 7.84. The molecule has 3 N–H and O–H groups in total. The van der Waals surface area contributed by atoms with Gasteiger partial charge in [0, 0.05) is 0 Å². The van der Waals surface area contributed by atoms with Crippen LogP contribution in [0.3, 0.4) is 0 Å². The third-order valence-electron chi connectivity index (χ3n) is 0.388. The second-order valence-electron chi connectivity index (χ2n) is 0.979. The van der Waals surface area contributed by atoms with Gasteiger partial charge < -0.3 is 11.6 Å². The molecule has 5 heteroatoms. The molecule has 0 spiro atoms. The van der Waals surface area contributed by atoms with E-state index in [0.717, 1.165) is 0 Å². The molecule has 0 aliphatic carbocycles. The number of carboxylic acids is 1. The van der Waals surface area contributed by atoms with Crippen LogP contribution >= 0.6 is 0 Å². The molecule has 0 saturated carbocycles. The zero-order valence-electron chi connectivity index (χ0n) is 5.72. The Balaban J connectivity index is -0.000000180. The Morgan fingerprint density at radius 1 is 1.75 bits per heavy atom. The maximum absolute atomic E-state index is 9.58. The van der Waals surface area contributed by atoms with E-state index in [4.69, 9.17) is 10.2 Å². The molecule has 0 aromatic rings. The van der Waals surface area contributed by atoms with E-state index >= 15 is 0 Å². The van der Waals surface area contributed by atoms with Crippen molar-refractivity contribution < 1.29 is 67.8 Å². The standard InChI is InChI=1S/C3H7NO3.K.H/c5-2-4-1-3(6)7;;/h4-5H,1-2H2,(H,6,7);;/q;+1;-1. The molecule has 0 unspecified atom stereocenters. The summed E-state index contributed by atoms with van der Waals surface area (Å²) in [7, 11) is 0. The predicted octanol–water partition coefficient (Wildman–Crippen LogP) is -4.27. The molecule has 0 aliphatic heterocycles. The number of carboxylic acid groups (broad SMARTS) is 1. The molecule has 0 aliphatic rings. The first-order valence-corrected chi connectivity index (χ1v) is 1.80. The van der Waals surface area contributed by atoms with Gasteiger partial charge in [0.25, 0.3) is 0 Å². The number of carbonyl (C=O) groups is 1. The number of aliphatic hydroxyl groups excluding tert-OH is 1. The smallest absolute Gasteiger partial charge is 1.00 e. The van der Waals surface area contributed by atoms with Crippen molar-refractivity contribution in [1.82, 2.24) is 5.32 Å². The van der Waals surface area contributed by atoms with Crippen molar-refractivity contribution >= 4 is 5.97 Å². The van der Waals surface area contributed by atoms with Gasteiger partial charge in [0.15, 0.2) is 0 Å². The van der Waals surface area contributed by atoms with Crippen molar-refractivity contribution in [1.29, 1.82) is 0 Å². The first-order valence-electron chi connectivity index (χ1n) is 1.80. The maximum Gasteiger partial charge on any atom is 1.00 e. The van der Waals surface area contributed by atoms with Crippen LogP contribution in [0.4, 0.5) is 0 Å². The van der Waals surface area contributed by atoms with Gasteiger partial charge in [-0.1, -0.05) is 0 Å². The molecular formula is C3H8KNO3. The fourth-order valence-corrected chi connectivity index (χ4v) is 0.163. The van der Waals surface area contributed by atoms with Gasteiger partial charge in [0.2, 0.25) is 0 Å². The molecule has 0 fully saturated rings. The van der Waals surface area contributed by atoms with Crippen LogP contribution in [0.1, 0.15) is 1.43 Å². The van der Waals surface area contributed by atoms with Crippen molar-refractivity contribution in [2.75, 3.05) is 13.3 Å². The third kappa shape index (κ3) is 10.1. The Morgan fingerprint density at radius 2 is 2.25 bits per heavy atom. The third-order valence-corrected chi connectivity index (χ3v) is 0.388. The Hall–Kier alpha value is 1.03. The molecule has 0 rings (SSSR count). The summed E-state index contributed by atoms with van der Waals surface area (Å²) in [5.74, 6) is -0.964. The van der Waals surface area contributed by atoms with E-state index in [9.17, 15) is 4.79 Å². The van der Waals surface area contributed by atoms with Crippen molar-refractivity contribution in [2.24, 2.45) is 0 Å². The summed E-state index contributed by atoms with van der Waals surface area (Å²) >= 11 is 0. The van der Waals surface area contributed by atoms with E-state index in [1.807, 2.05) is 0 Å².